The van der Waals surface area contributed by atoms with E-state index in [9.17, 15) is 9.90 Å². The molecule has 0 aromatic carbocycles. The zero-order valence-corrected chi connectivity index (χ0v) is 7.51. The third-order valence-electron chi connectivity index (χ3n) is 1.66. The summed E-state index contributed by atoms with van der Waals surface area (Å²) in [6, 6.07) is 2.17. The van der Waals surface area contributed by atoms with Crippen molar-refractivity contribution in [1.82, 2.24) is 16.0 Å². The number of rotatable bonds is 5. The van der Waals surface area contributed by atoms with Gasteiger partial charge in [-0.3, -0.25) is 4.98 Å². The fraction of sp³-hybridized carbons (Fsp3) is 0.333. The number of hydrogen-bond acceptors (Lipinski definition) is 3. The summed E-state index contributed by atoms with van der Waals surface area (Å²) in [5.74, 6) is -1.47. The molecule has 0 fully saturated rings. The van der Waals surface area contributed by atoms with Crippen molar-refractivity contribution in [2.75, 3.05) is 6.54 Å². The van der Waals surface area contributed by atoms with Crippen LogP contribution in [-0.4, -0.2) is 23.5 Å². The van der Waals surface area contributed by atoms with Gasteiger partial charge in [-0.2, -0.15) is 0 Å². The average molecular weight is 192 g/mol. The molecule has 14 heavy (non-hydrogen) atoms. The summed E-state index contributed by atoms with van der Waals surface area (Å²) < 4.78 is 0. The van der Waals surface area contributed by atoms with Gasteiger partial charge in [-0.05, 0) is 11.6 Å². The fourth-order valence-electron chi connectivity index (χ4n) is 0.939. The normalized spacial score (nSPS) is 12.4. The first kappa shape index (κ1) is 10.6. The lowest BCUT2D eigenvalue weighted by Gasteiger charge is -2.04. The largest absolute Gasteiger partial charge is 0.376 e. The van der Waals surface area contributed by atoms with Crippen LogP contribution in [0.1, 0.15) is 5.56 Å². The lowest BCUT2D eigenvalue weighted by Crippen LogP contribution is -2.33. The van der Waals surface area contributed by atoms with Crippen LogP contribution in [0.5, 0.6) is 0 Å². The Kier molecular flexibility index (Phi) is 4.03. The van der Waals surface area contributed by atoms with Gasteiger partial charge in [0.25, 0.3) is 0 Å². The second kappa shape index (κ2) is 5.31. The smallest absolute Gasteiger partial charge is 0.310 e. The molecule has 1 atom stereocenters. The maximum atomic E-state index is 10.1. The Labute approximate surface area is 82.0 Å². The molecule has 0 amide bonds. The number of aromatic nitrogens is 1. The fourth-order valence-corrected chi connectivity index (χ4v) is 0.939. The molecular weight excluding hydrogens is 182 g/mol. The van der Waals surface area contributed by atoms with Crippen molar-refractivity contribution < 1.29 is 9.90 Å². The van der Waals surface area contributed by atoms with E-state index in [1.807, 2.05) is 6.07 Å². The Hall–Kier alpha value is -1.46. The van der Waals surface area contributed by atoms with Gasteiger partial charge < -0.3 is 5.32 Å². The predicted octanol–water partition coefficient (Wildman–Crippen LogP) is -0.434. The van der Waals surface area contributed by atoms with E-state index in [-0.39, 0.29) is 6.54 Å². The Morgan fingerprint density at radius 3 is 3.00 bits per heavy atom. The summed E-state index contributed by atoms with van der Waals surface area (Å²) in [6.45, 7) is 0.440. The lowest BCUT2D eigenvalue weighted by atomic mass is 10.2. The van der Waals surface area contributed by atoms with Crippen molar-refractivity contribution in [2.45, 2.75) is 12.6 Å². The van der Waals surface area contributed by atoms with Crippen LogP contribution in [0, 0.1) is 0 Å². The topological polar surface area (TPSA) is 84.2 Å². The second-order valence-electron chi connectivity index (χ2n) is 2.83. The molecule has 0 saturated carbocycles. The van der Waals surface area contributed by atoms with Crippen molar-refractivity contribution in [3.05, 3.63) is 30.1 Å². The maximum absolute atomic E-state index is 10.1. The van der Waals surface area contributed by atoms with Crippen molar-refractivity contribution in [3.63, 3.8) is 0 Å². The zero-order valence-electron chi connectivity index (χ0n) is 7.51. The summed E-state index contributed by atoms with van der Waals surface area (Å²) in [5.41, 5.74) is 9.79. The molecule has 3 radical (unpaired) electrons. The molecule has 1 aromatic heterocycles. The summed E-state index contributed by atoms with van der Waals surface area (Å²) in [4.78, 5) is 14.0. The van der Waals surface area contributed by atoms with Gasteiger partial charge >= 0.3 is 5.97 Å². The lowest BCUT2D eigenvalue weighted by molar-refractivity contribution is -0.144. The first-order chi connectivity index (χ1) is 6.70. The Morgan fingerprint density at radius 2 is 2.43 bits per heavy atom. The number of nitrogens with one attached hydrogen (secondary N) is 1. The SMILES string of the molecule is [N]C(CNCc1cccnc1)C([O])=O. The summed E-state index contributed by atoms with van der Waals surface area (Å²) in [7, 11) is 0. The van der Waals surface area contributed by atoms with Gasteiger partial charge in [0.15, 0.2) is 6.04 Å². The van der Waals surface area contributed by atoms with Crippen LogP contribution < -0.4 is 11.1 Å². The van der Waals surface area contributed by atoms with E-state index in [1.165, 1.54) is 0 Å². The van der Waals surface area contributed by atoms with E-state index >= 15 is 0 Å². The van der Waals surface area contributed by atoms with Crippen LogP contribution >= 0.6 is 0 Å². The van der Waals surface area contributed by atoms with Crippen LogP contribution in [-0.2, 0) is 16.4 Å². The number of carbonyl (C=O) groups excluding carboxylic acids is 1. The number of pyridine rings is 1. The first-order valence-electron chi connectivity index (χ1n) is 4.18. The van der Waals surface area contributed by atoms with Crippen LogP contribution in [0.3, 0.4) is 0 Å². The van der Waals surface area contributed by atoms with Gasteiger partial charge in [0, 0.05) is 25.5 Å². The van der Waals surface area contributed by atoms with E-state index in [2.05, 4.69) is 10.3 Å². The van der Waals surface area contributed by atoms with Crippen LogP contribution in [0.4, 0.5) is 0 Å². The van der Waals surface area contributed by atoms with Gasteiger partial charge in [0.1, 0.15) is 0 Å². The van der Waals surface area contributed by atoms with Crippen LogP contribution in [0.25, 0.3) is 0 Å². The van der Waals surface area contributed by atoms with Crippen LogP contribution in [0.15, 0.2) is 24.5 Å². The molecule has 5 heteroatoms. The minimum atomic E-state index is -1.47. The molecule has 1 aromatic rings. The van der Waals surface area contributed by atoms with E-state index in [4.69, 9.17) is 5.73 Å². The van der Waals surface area contributed by atoms with Gasteiger partial charge in [0.2, 0.25) is 0 Å². The molecule has 1 rings (SSSR count). The third-order valence-corrected chi connectivity index (χ3v) is 1.66. The maximum Gasteiger partial charge on any atom is 0.376 e. The van der Waals surface area contributed by atoms with E-state index in [0.29, 0.717) is 6.54 Å². The van der Waals surface area contributed by atoms with E-state index in [0.717, 1.165) is 5.56 Å². The highest BCUT2D eigenvalue weighted by Crippen LogP contribution is 1.94. The van der Waals surface area contributed by atoms with Crippen LogP contribution in [0.2, 0.25) is 0 Å². The standard InChI is InChI=1S/C9H10N3O2/c10-8(9(13)14)6-12-5-7-2-1-3-11-4-7/h1-4,8,12H,5-6H2. The molecule has 0 aliphatic heterocycles. The Balaban J connectivity index is 2.26. The van der Waals surface area contributed by atoms with E-state index < -0.39 is 12.0 Å². The van der Waals surface area contributed by atoms with Gasteiger partial charge in [-0.25, -0.2) is 9.90 Å². The molecule has 0 aliphatic carbocycles. The summed E-state index contributed by atoms with van der Waals surface area (Å²) in [5, 5.41) is 12.9. The van der Waals surface area contributed by atoms with Gasteiger partial charge in [-0.1, -0.05) is 6.07 Å². The molecule has 0 saturated heterocycles. The second-order valence-corrected chi connectivity index (χ2v) is 2.83. The third kappa shape index (κ3) is 3.51. The predicted molar refractivity (Wildman–Crippen MR) is 47.6 cm³/mol. The highest BCUT2D eigenvalue weighted by Gasteiger charge is 2.14. The summed E-state index contributed by atoms with van der Waals surface area (Å²) in [6.07, 6.45) is 3.32. The molecule has 1 heterocycles. The first-order valence-corrected chi connectivity index (χ1v) is 4.18. The molecule has 5 nitrogen and oxygen atoms in total. The quantitative estimate of drug-likeness (QED) is 0.686. The summed E-state index contributed by atoms with van der Waals surface area (Å²) >= 11 is 0. The monoisotopic (exact) mass is 192 g/mol. The molecule has 1 unspecified atom stereocenters. The molecule has 0 aliphatic rings. The molecule has 0 spiro atoms. The highest BCUT2D eigenvalue weighted by atomic mass is 16.4. The highest BCUT2D eigenvalue weighted by molar-refractivity contribution is 5.72. The number of nitrogens with zero attached hydrogens (tertiary/aromatic N) is 2. The number of hydrogen-bond donors (Lipinski definition) is 1. The molecule has 73 valence electrons. The van der Waals surface area contributed by atoms with Crippen molar-refractivity contribution in [1.29, 1.82) is 0 Å². The molecule has 0 bridgehead atoms. The van der Waals surface area contributed by atoms with Crippen molar-refractivity contribution >= 4 is 5.97 Å². The average Bonchev–Trinajstić information content (AvgIpc) is 2.19. The Bertz CT molecular complexity index is 289. The van der Waals surface area contributed by atoms with Gasteiger partial charge in [-0.15, -0.1) is 5.73 Å². The van der Waals surface area contributed by atoms with E-state index in [1.54, 1.807) is 18.5 Å². The van der Waals surface area contributed by atoms with Crippen molar-refractivity contribution in [2.24, 2.45) is 0 Å². The number of carbonyl (C=O) groups is 1. The zero-order chi connectivity index (χ0) is 10.4. The molecule has 1 N–H and O–H groups in total. The van der Waals surface area contributed by atoms with Gasteiger partial charge in [0.05, 0.1) is 0 Å². The van der Waals surface area contributed by atoms with Crippen molar-refractivity contribution in [3.8, 4) is 0 Å². The minimum absolute atomic E-state index is 0.0305. The minimum Gasteiger partial charge on any atom is -0.310 e. The Morgan fingerprint density at radius 1 is 1.64 bits per heavy atom. The molecular formula is C9H10N3O2.